The fourth-order valence-corrected chi connectivity index (χ4v) is 10.1. The van der Waals surface area contributed by atoms with Crippen LogP contribution in [-0.2, 0) is 37.1 Å². The molecule has 0 atom stereocenters. The van der Waals surface area contributed by atoms with Crippen LogP contribution in [-0.4, -0.2) is 95.8 Å². The molecule has 11 rings (SSSR count). The van der Waals surface area contributed by atoms with Gasteiger partial charge >= 0.3 is 5.97 Å². The Hall–Kier alpha value is -8.49. The largest absolute Gasteiger partial charge is 0.481 e. The van der Waals surface area contributed by atoms with Crippen LogP contribution in [0, 0.1) is 53.2 Å². The number of rotatable bonds is 17. The highest BCUT2D eigenvalue weighted by Gasteiger charge is 2.14. The van der Waals surface area contributed by atoms with Crippen LogP contribution >= 0.6 is 38.6 Å². The first kappa shape index (κ1) is 63.1. The van der Waals surface area contributed by atoms with Crippen molar-refractivity contribution in [2.75, 3.05) is 47.1 Å². The summed E-state index contributed by atoms with van der Waals surface area (Å²) in [4.78, 5) is 61.0. The molecule has 12 N–H and O–H groups in total. The van der Waals surface area contributed by atoms with Crippen LogP contribution in [0.3, 0.4) is 0 Å². The number of hydrogen-bond acceptors (Lipinski definition) is 19. The van der Waals surface area contributed by atoms with Gasteiger partial charge in [-0.15, -0.1) is 0 Å². The molecule has 0 fully saturated rings. The van der Waals surface area contributed by atoms with Crippen LogP contribution < -0.4 is 33.2 Å². The zero-order valence-corrected chi connectivity index (χ0v) is 50.7. The van der Waals surface area contributed by atoms with E-state index < -0.39 is 5.97 Å². The summed E-state index contributed by atoms with van der Waals surface area (Å²) < 4.78 is 27.4. The molecule has 0 radical (unpaired) electrons. The Bertz CT molecular complexity index is 3870. The van der Waals surface area contributed by atoms with E-state index in [-0.39, 0.29) is 31.1 Å². The Morgan fingerprint density at radius 2 is 1.13 bits per heavy atom. The number of alkyl halides is 1. The molecule has 0 saturated heterocycles. The Kier molecular flexibility index (Phi) is 23.1. The maximum Gasteiger partial charge on any atom is 0.304 e. The maximum absolute atomic E-state index is 13.8. The van der Waals surface area contributed by atoms with Crippen LogP contribution in [0.5, 0.6) is 0 Å². The molecule has 0 aliphatic rings. The van der Waals surface area contributed by atoms with Gasteiger partial charge in [0.1, 0.15) is 56.6 Å². The van der Waals surface area contributed by atoms with E-state index in [0.717, 1.165) is 79.3 Å². The highest BCUT2D eigenvalue weighted by Crippen LogP contribution is 2.27. The number of nitrogens with one attached hydrogen (secondary N) is 5. The van der Waals surface area contributed by atoms with Gasteiger partial charge in [0.25, 0.3) is 0 Å². The van der Waals surface area contributed by atoms with Crippen LogP contribution in [0.25, 0.3) is 48.8 Å². The summed E-state index contributed by atoms with van der Waals surface area (Å²) in [6, 6.07) is 18.2. The number of pyridine rings is 2. The molecule has 8 heterocycles. The fourth-order valence-electron chi connectivity index (χ4n) is 7.92. The van der Waals surface area contributed by atoms with E-state index in [1.165, 1.54) is 69.5 Å². The summed E-state index contributed by atoms with van der Waals surface area (Å²) in [5.41, 5.74) is 31.7. The number of aliphatic carboxylic acids is 1. The van der Waals surface area contributed by atoms with E-state index in [4.69, 9.17) is 32.3 Å². The third-order valence-corrected chi connectivity index (χ3v) is 15.3. The van der Waals surface area contributed by atoms with E-state index in [0.29, 0.717) is 63.7 Å². The first-order chi connectivity index (χ1) is 40.4. The minimum Gasteiger partial charge on any atom is -0.481 e. The highest BCUT2D eigenvalue weighted by atomic mass is 79.9. The van der Waals surface area contributed by atoms with Crippen LogP contribution in [0.4, 0.5) is 31.8 Å². The Balaban J connectivity index is 0.000000171. The minimum absolute atomic E-state index is 0.208. The van der Waals surface area contributed by atoms with Gasteiger partial charge in [0, 0.05) is 50.1 Å². The zero-order chi connectivity index (χ0) is 60.3. The molecule has 438 valence electrons. The summed E-state index contributed by atoms with van der Waals surface area (Å²) in [5.74, 6) is 1.52. The molecule has 25 heteroatoms. The van der Waals surface area contributed by atoms with E-state index >= 15 is 0 Å². The monoisotopic (exact) mass is 1240 g/mol. The lowest BCUT2D eigenvalue weighted by atomic mass is 10.1. The molecular formula is C59H67BrF2N18O2S2. The Labute approximate surface area is 500 Å². The number of nitrogens with zero attached hydrogens (tertiary/aromatic N) is 10. The zero-order valence-electron chi connectivity index (χ0n) is 47.4. The third-order valence-electron chi connectivity index (χ3n) is 12.9. The van der Waals surface area contributed by atoms with E-state index in [2.05, 4.69) is 140 Å². The minimum atomic E-state index is -0.758. The molecule has 3 aromatic carbocycles. The second kappa shape index (κ2) is 30.7. The van der Waals surface area contributed by atoms with Crippen molar-refractivity contribution in [2.45, 2.75) is 80.3 Å². The predicted octanol–water partition coefficient (Wildman–Crippen LogP) is 11.0. The lowest BCUT2D eigenvalue weighted by molar-refractivity contribution is -0.136. The standard InChI is InChI=1S/C24H25FN8S.C13H13FN6S.C11H12N2.C8H12N2.C3H5BrO2/c1-14-10-17-18(11-15(14)2)32-20(31-17)5-8-26-9-6-21-33-22-23(29-13-30-24(22)34-21)28-12-19-16(25)4-3-7-27-19;14-8-2-1-5-16-9(8)6-17-12-11-13(19-7-18-12)21-10(20-11)3-4-15;1-4-11-12-9-5-7(2)8(3)6-10(9)13-11;1-5-3-7(9)8(10)4-6(5)2;4-2-1-3(5)6/h3-4,7,10-11,13,26H,5-6,8-9,12H2,1-2H3,(H,31,32)(H,28,29,30);1-2,5,7H,3-4,6,15H2,(H,17,18,19);4-6H,1H2,2-3H3,(H,12,13);3-4H,9-10H2,1-2H3;1-2H2,(H,5,6). The van der Waals surface area contributed by atoms with Gasteiger partial charge in [-0.05, 0) is 148 Å². The van der Waals surface area contributed by atoms with Gasteiger partial charge in [0.2, 0.25) is 0 Å². The number of benzene rings is 3. The number of carbonyl (C=O) groups is 1. The molecule has 0 spiro atoms. The lowest BCUT2D eigenvalue weighted by Crippen LogP contribution is -2.20. The fraction of sp³-hybridized carbons (Fsp3) is 0.271. The number of H-pyrrole nitrogens is 2. The second-order valence-corrected chi connectivity index (χ2v) is 22.1. The van der Waals surface area contributed by atoms with Gasteiger partial charge in [-0.25, -0.2) is 48.7 Å². The number of aromatic nitrogens is 12. The number of nitrogens with two attached hydrogens (primary N) is 3. The molecule has 11 aromatic rings. The molecular weight excluding hydrogens is 1170 g/mol. The van der Waals surface area contributed by atoms with Gasteiger partial charge in [-0.3, -0.25) is 14.8 Å². The van der Waals surface area contributed by atoms with Crippen molar-refractivity contribution in [3.63, 3.8) is 0 Å². The number of fused-ring (bicyclic) bond motifs is 4. The molecule has 84 heavy (non-hydrogen) atoms. The number of hydrogen-bond donors (Lipinski definition) is 9. The predicted molar refractivity (Wildman–Crippen MR) is 339 cm³/mol. The highest BCUT2D eigenvalue weighted by molar-refractivity contribution is 9.09. The van der Waals surface area contributed by atoms with Gasteiger partial charge in [-0.1, -0.05) is 45.2 Å². The van der Waals surface area contributed by atoms with Gasteiger partial charge < -0.3 is 48.2 Å². The van der Waals surface area contributed by atoms with Crippen molar-refractivity contribution in [3.8, 4) is 0 Å². The number of imidazole rings is 2. The maximum atomic E-state index is 13.8. The first-order valence-corrected chi connectivity index (χ1v) is 29.4. The number of aromatic amines is 2. The summed E-state index contributed by atoms with van der Waals surface area (Å²) in [6.45, 7) is 18.8. The quantitative estimate of drug-likeness (QED) is 0.0232. The SMILES string of the molecule is C=Cc1nc2cc(C)c(C)cc2[nH]1.Cc1cc(N)c(N)cc1C.Cc1cc2nc(CCNCCc3nc4c(NCc5ncccc5F)ncnc4s3)[nH]c2cc1C.NCCc1nc2c(NCc3ncccc3F)ncnc2s1.O=C(O)CCBr. The molecule has 0 aliphatic heterocycles. The molecule has 0 aliphatic carbocycles. The first-order valence-electron chi connectivity index (χ1n) is 26.7. The van der Waals surface area contributed by atoms with E-state index in [1.807, 2.05) is 26.0 Å². The number of thiazole rings is 2. The summed E-state index contributed by atoms with van der Waals surface area (Å²) in [7, 11) is 0. The smallest absolute Gasteiger partial charge is 0.304 e. The number of carboxylic acids is 1. The van der Waals surface area contributed by atoms with Gasteiger partial charge in [-0.2, -0.15) is 0 Å². The summed E-state index contributed by atoms with van der Waals surface area (Å²) in [6.07, 6.45) is 10.3. The summed E-state index contributed by atoms with van der Waals surface area (Å²) in [5, 5.41) is 20.0. The van der Waals surface area contributed by atoms with Gasteiger partial charge in [0.05, 0.1) is 74.4 Å². The van der Waals surface area contributed by atoms with Crippen molar-refractivity contribution >= 4 is 116 Å². The average Bonchev–Trinajstić information content (AvgIpc) is 4.50. The number of anilines is 4. The number of nitrogen functional groups attached to an aromatic ring is 2. The summed E-state index contributed by atoms with van der Waals surface area (Å²) >= 11 is 6.00. The molecule has 0 unspecified atom stereocenters. The topological polar surface area (TPSA) is 312 Å². The lowest BCUT2D eigenvalue weighted by Gasteiger charge is -2.05. The van der Waals surface area contributed by atoms with Crippen molar-refractivity contribution < 1.29 is 18.7 Å². The second-order valence-electron chi connectivity index (χ2n) is 19.1. The van der Waals surface area contributed by atoms with Crippen molar-refractivity contribution in [3.05, 3.63) is 170 Å². The van der Waals surface area contributed by atoms with E-state index in [1.54, 1.807) is 41.9 Å². The normalized spacial score (nSPS) is 10.8. The Morgan fingerprint density at radius 1 is 0.655 bits per heavy atom. The third kappa shape index (κ3) is 17.8. The molecule has 0 bridgehead atoms. The Morgan fingerprint density at radius 3 is 1.61 bits per heavy atom. The molecule has 0 amide bonds. The number of aryl methyl sites for hydroxylation is 6. The average molecular weight is 1240 g/mol. The van der Waals surface area contributed by atoms with Crippen LogP contribution in [0.2, 0.25) is 0 Å². The van der Waals surface area contributed by atoms with E-state index in [9.17, 15) is 13.6 Å². The molecule has 20 nitrogen and oxygen atoms in total. The van der Waals surface area contributed by atoms with Crippen molar-refractivity contribution in [2.24, 2.45) is 5.73 Å². The number of halogens is 3. The van der Waals surface area contributed by atoms with Crippen LogP contribution in [0.15, 0.2) is 92.3 Å². The molecule has 8 aromatic heterocycles. The van der Waals surface area contributed by atoms with Crippen molar-refractivity contribution in [1.29, 1.82) is 0 Å². The van der Waals surface area contributed by atoms with Crippen LogP contribution in [0.1, 0.15) is 72.9 Å². The van der Waals surface area contributed by atoms with Gasteiger partial charge in [0.15, 0.2) is 11.6 Å². The number of carboxylic acid groups (broad SMARTS) is 1. The molecule has 0 saturated carbocycles. The van der Waals surface area contributed by atoms with Crippen molar-refractivity contribution in [1.82, 2.24) is 65.1 Å².